The summed E-state index contributed by atoms with van der Waals surface area (Å²) in [5.41, 5.74) is 0.523. The van der Waals surface area contributed by atoms with E-state index in [4.69, 9.17) is 14.2 Å². The second-order valence-corrected chi connectivity index (χ2v) is 5.79. The monoisotopic (exact) mass is 345 g/mol. The van der Waals surface area contributed by atoms with Crippen LogP contribution in [-0.4, -0.2) is 43.7 Å². The fraction of sp³-hybridized carbons (Fsp3) is 0.316. The number of likely N-dealkylation sites (tertiary alicyclic amines) is 1. The number of nitrogens with zero attached hydrogens (tertiary/aromatic N) is 1. The second kappa shape index (κ2) is 7.98. The van der Waals surface area contributed by atoms with Gasteiger partial charge in [0.1, 0.15) is 17.3 Å². The molecule has 132 valence electrons. The number of amides is 1. The highest BCUT2D eigenvalue weighted by molar-refractivity contribution is 5.78. The van der Waals surface area contributed by atoms with E-state index in [-0.39, 0.29) is 31.0 Å². The Morgan fingerprint density at radius 3 is 2.48 bits per heavy atom. The minimum atomic E-state index is -0.275. The first-order valence-electron chi connectivity index (χ1n) is 8.05. The van der Waals surface area contributed by atoms with E-state index in [9.17, 15) is 9.18 Å². The molecule has 0 unspecified atom stereocenters. The molecule has 5 nitrogen and oxygen atoms in total. The molecule has 0 aliphatic carbocycles. The lowest BCUT2D eigenvalue weighted by atomic mass is 10.1. The molecule has 1 aliphatic rings. The summed E-state index contributed by atoms with van der Waals surface area (Å²) in [5, 5.41) is 0. The average Bonchev–Trinajstić information content (AvgIpc) is 2.60. The predicted octanol–water partition coefficient (Wildman–Crippen LogP) is 2.64. The van der Waals surface area contributed by atoms with Gasteiger partial charge in [0.05, 0.1) is 19.8 Å². The lowest BCUT2D eigenvalue weighted by Gasteiger charge is -2.38. The van der Waals surface area contributed by atoms with Crippen LogP contribution in [0.3, 0.4) is 0 Å². The number of hydrogen-bond acceptors (Lipinski definition) is 4. The van der Waals surface area contributed by atoms with Gasteiger partial charge in [0.15, 0.2) is 6.61 Å². The van der Waals surface area contributed by atoms with Crippen molar-refractivity contribution in [2.45, 2.75) is 12.7 Å². The van der Waals surface area contributed by atoms with Crippen LogP contribution in [0.5, 0.6) is 11.5 Å². The van der Waals surface area contributed by atoms with Crippen molar-refractivity contribution in [1.29, 1.82) is 0 Å². The van der Waals surface area contributed by atoms with Crippen LogP contribution in [0.2, 0.25) is 0 Å². The molecule has 6 heteroatoms. The van der Waals surface area contributed by atoms with Crippen LogP contribution in [0, 0.1) is 5.82 Å². The summed E-state index contributed by atoms with van der Waals surface area (Å²) < 4.78 is 29.7. The van der Waals surface area contributed by atoms with E-state index in [1.807, 2.05) is 0 Å². The predicted molar refractivity (Wildman–Crippen MR) is 90.0 cm³/mol. The van der Waals surface area contributed by atoms with Crippen LogP contribution in [0.1, 0.15) is 5.56 Å². The maximum Gasteiger partial charge on any atom is 0.260 e. The summed E-state index contributed by atoms with van der Waals surface area (Å²) in [6.07, 6.45) is -0.0652. The van der Waals surface area contributed by atoms with Crippen molar-refractivity contribution < 1.29 is 23.4 Å². The maximum atomic E-state index is 13.5. The number of ether oxygens (including phenoxy) is 3. The van der Waals surface area contributed by atoms with Crippen LogP contribution in [0.15, 0.2) is 48.5 Å². The topological polar surface area (TPSA) is 48.0 Å². The molecule has 0 spiro atoms. The summed E-state index contributed by atoms with van der Waals surface area (Å²) in [6.45, 7) is 1.19. The van der Waals surface area contributed by atoms with Crippen molar-refractivity contribution in [2.75, 3.05) is 26.8 Å². The maximum absolute atomic E-state index is 13.5. The summed E-state index contributed by atoms with van der Waals surface area (Å²) in [4.78, 5) is 13.7. The molecule has 0 atom stereocenters. The Morgan fingerprint density at radius 2 is 1.80 bits per heavy atom. The molecule has 0 saturated carbocycles. The average molecular weight is 345 g/mol. The molecule has 25 heavy (non-hydrogen) atoms. The molecule has 1 fully saturated rings. The van der Waals surface area contributed by atoms with Gasteiger partial charge in [-0.2, -0.15) is 0 Å². The van der Waals surface area contributed by atoms with Crippen LogP contribution >= 0.6 is 0 Å². The third-order valence-corrected chi connectivity index (χ3v) is 4.05. The van der Waals surface area contributed by atoms with Gasteiger partial charge in [-0.1, -0.05) is 18.2 Å². The minimum absolute atomic E-state index is 0.0215. The molecule has 1 saturated heterocycles. The summed E-state index contributed by atoms with van der Waals surface area (Å²) >= 11 is 0. The summed E-state index contributed by atoms with van der Waals surface area (Å²) in [5.74, 6) is 0.975. The van der Waals surface area contributed by atoms with Gasteiger partial charge >= 0.3 is 0 Å². The summed E-state index contributed by atoms with van der Waals surface area (Å²) in [7, 11) is 1.59. The molecule has 0 N–H and O–H groups in total. The Hall–Kier alpha value is -2.60. The van der Waals surface area contributed by atoms with Crippen molar-refractivity contribution in [1.82, 2.24) is 4.90 Å². The Balaban J connectivity index is 1.37. The molecule has 0 aromatic heterocycles. The van der Waals surface area contributed by atoms with Gasteiger partial charge < -0.3 is 19.1 Å². The van der Waals surface area contributed by atoms with E-state index < -0.39 is 0 Å². The molecule has 1 amide bonds. The molecule has 0 bridgehead atoms. The highest BCUT2D eigenvalue weighted by atomic mass is 19.1. The first kappa shape index (κ1) is 17.2. The number of methoxy groups -OCH3 is 1. The number of benzene rings is 2. The quantitative estimate of drug-likeness (QED) is 0.774. The van der Waals surface area contributed by atoms with Crippen LogP contribution in [0.4, 0.5) is 4.39 Å². The SMILES string of the molecule is COc1ccc(OCC(=O)N2CC(OCc3ccccc3F)C2)cc1. The molecule has 2 aromatic rings. The van der Waals surface area contributed by atoms with Crippen LogP contribution in [0.25, 0.3) is 0 Å². The molecule has 1 heterocycles. The van der Waals surface area contributed by atoms with Gasteiger partial charge in [0.2, 0.25) is 0 Å². The van der Waals surface area contributed by atoms with E-state index in [0.717, 1.165) is 5.75 Å². The Bertz CT molecular complexity index is 714. The van der Waals surface area contributed by atoms with E-state index >= 15 is 0 Å². The number of carbonyl (C=O) groups is 1. The number of carbonyl (C=O) groups excluding carboxylic acids is 1. The Morgan fingerprint density at radius 1 is 1.12 bits per heavy atom. The number of halogens is 1. The van der Waals surface area contributed by atoms with E-state index in [2.05, 4.69) is 0 Å². The molecule has 1 aliphatic heterocycles. The fourth-order valence-corrected chi connectivity index (χ4v) is 2.48. The third kappa shape index (κ3) is 4.48. The molecule has 2 aromatic carbocycles. The highest BCUT2D eigenvalue weighted by Crippen LogP contribution is 2.18. The van der Waals surface area contributed by atoms with Gasteiger partial charge in [-0.3, -0.25) is 4.79 Å². The second-order valence-electron chi connectivity index (χ2n) is 5.79. The molecular weight excluding hydrogens is 325 g/mol. The smallest absolute Gasteiger partial charge is 0.260 e. The lowest BCUT2D eigenvalue weighted by molar-refractivity contribution is -0.148. The normalized spacial score (nSPS) is 14.1. The molecule has 0 radical (unpaired) electrons. The molecular formula is C19H20FNO4. The Kier molecular flexibility index (Phi) is 5.50. The van der Waals surface area contributed by atoms with Crippen molar-refractivity contribution in [3.05, 3.63) is 59.9 Å². The van der Waals surface area contributed by atoms with E-state index in [1.165, 1.54) is 6.07 Å². The van der Waals surface area contributed by atoms with E-state index in [0.29, 0.717) is 24.4 Å². The first-order valence-corrected chi connectivity index (χ1v) is 8.05. The fourth-order valence-electron chi connectivity index (χ4n) is 2.48. The van der Waals surface area contributed by atoms with Crippen molar-refractivity contribution >= 4 is 5.91 Å². The van der Waals surface area contributed by atoms with Gasteiger partial charge in [-0.05, 0) is 30.3 Å². The third-order valence-electron chi connectivity index (χ3n) is 4.05. The van der Waals surface area contributed by atoms with Gasteiger partial charge in [-0.25, -0.2) is 4.39 Å². The van der Waals surface area contributed by atoms with Crippen molar-refractivity contribution in [2.24, 2.45) is 0 Å². The van der Waals surface area contributed by atoms with Gasteiger partial charge in [-0.15, -0.1) is 0 Å². The van der Waals surface area contributed by atoms with Crippen LogP contribution in [-0.2, 0) is 16.1 Å². The number of hydrogen-bond donors (Lipinski definition) is 0. The zero-order valence-electron chi connectivity index (χ0n) is 14.0. The largest absolute Gasteiger partial charge is 0.497 e. The van der Waals surface area contributed by atoms with Crippen molar-refractivity contribution in [3.8, 4) is 11.5 Å². The van der Waals surface area contributed by atoms with Gasteiger partial charge in [0.25, 0.3) is 5.91 Å². The van der Waals surface area contributed by atoms with Gasteiger partial charge in [0, 0.05) is 18.7 Å². The zero-order chi connectivity index (χ0) is 17.6. The Labute approximate surface area is 145 Å². The van der Waals surface area contributed by atoms with Crippen molar-refractivity contribution in [3.63, 3.8) is 0 Å². The van der Waals surface area contributed by atoms with E-state index in [1.54, 1.807) is 54.5 Å². The first-order chi connectivity index (χ1) is 12.2. The highest BCUT2D eigenvalue weighted by Gasteiger charge is 2.31. The van der Waals surface area contributed by atoms with Crippen LogP contribution < -0.4 is 9.47 Å². The summed E-state index contributed by atoms with van der Waals surface area (Å²) in [6, 6.07) is 13.6. The number of rotatable bonds is 7. The standard InChI is InChI=1S/C19H20FNO4/c1-23-15-6-8-16(9-7-15)25-13-19(22)21-10-17(11-21)24-12-14-4-2-3-5-18(14)20/h2-9,17H,10-13H2,1H3. The zero-order valence-corrected chi connectivity index (χ0v) is 14.0. The molecule has 3 rings (SSSR count). The lowest BCUT2D eigenvalue weighted by Crippen LogP contribution is -2.55. The minimum Gasteiger partial charge on any atom is -0.497 e.